The van der Waals surface area contributed by atoms with Crippen molar-refractivity contribution in [2.45, 2.75) is 38.7 Å². The van der Waals surface area contributed by atoms with Gasteiger partial charge in [-0.25, -0.2) is 0 Å². The van der Waals surface area contributed by atoms with E-state index in [1.165, 1.54) is 11.1 Å². The minimum atomic E-state index is -0.659. The molecule has 0 radical (unpaired) electrons. The van der Waals surface area contributed by atoms with E-state index in [0.29, 0.717) is 0 Å². The summed E-state index contributed by atoms with van der Waals surface area (Å²) in [6.07, 6.45) is 3.47. The standard InChI is InChI=1S/C23H29NO3/c1-2-21(17-24-14-12-20(13-15-24)23(25)26)27-22-10-8-19(9-11-22)16-18-6-4-3-5-7-18/h3-11,20-21H,2,12-17H2,1H3,(H,25,26)/t21-/m1/s1. The molecule has 0 saturated carbocycles. The summed E-state index contributed by atoms with van der Waals surface area (Å²) in [6, 6.07) is 18.8. The van der Waals surface area contributed by atoms with Crippen LogP contribution in [0.1, 0.15) is 37.3 Å². The van der Waals surface area contributed by atoms with Crippen LogP contribution in [0.15, 0.2) is 54.6 Å². The summed E-state index contributed by atoms with van der Waals surface area (Å²) in [5.41, 5.74) is 2.58. The summed E-state index contributed by atoms with van der Waals surface area (Å²) < 4.78 is 6.19. The predicted octanol–water partition coefficient (Wildman–Crippen LogP) is 4.23. The largest absolute Gasteiger partial charge is 0.489 e. The van der Waals surface area contributed by atoms with Gasteiger partial charge in [-0.15, -0.1) is 0 Å². The van der Waals surface area contributed by atoms with E-state index in [-0.39, 0.29) is 12.0 Å². The third-order valence-corrected chi connectivity index (χ3v) is 5.33. The highest BCUT2D eigenvalue weighted by atomic mass is 16.5. The second kappa shape index (κ2) is 9.56. The Morgan fingerprint density at radius 1 is 1.07 bits per heavy atom. The smallest absolute Gasteiger partial charge is 0.306 e. The summed E-state index contributed by atoms with van der Waals surface area (Å²) >= 11 is 0. The second-order valence-electron chi connectivity index (χ2n) is 7.37. The third kappa shape index (κ3) is 5.83. The number of likely N-dealkylation sites (tertiary alicyclic amines) is 1. The van der Waals surface area contributed by atoms with Crippen LogP contribution in [0.25, 0.3) is 0 Å². The van der Waals surface area contributed by atoms with Gasteiger partial charge in [0.15, 0.2) is 0 Å². The summed E-state index contributed by atoms with van der Waals surface area (Å²) in [7, 11) is 0. The van der Waals surface area contributed by atoms with E-state index in [1.807, 2.05) is 6.07 Å². The zero-order chi connectivity index (χ0) is 19.1. The van der Waals surface area contributed by atoms with Crippen LogP contribution < -0.4 is 4.74 Å². The van der Waals surface area contributed by atoms with Gasteiger partial charge < -0.3 is 9.84 Å². The molecule has 0 unspecified atom stereocenters. The van der Waals surface area contributed by atoms with Gasteiger partial charge >= 0.3 is 5.97 Å². The van der Waals surface area contributed by atoms with E-state index < -0.39 is 5.97 Å². The fraction of sp³-hybridized carbons (Fsp3) is 0.435. The first-order valence-electron chi connectivity index (χ1n) is 9.88. The number of carboxylic acids is 1. The van der Waals surface area contributed by atoms with Crippen molar-refractivity contribution >= 4 is 5.97 Å². The summed E-state index contributed by atoms with van der Waals surface area (Å²) in [5.74, 6) is 0.0621. The first-order chi connectivity index (χ1) is 13.1. The molecule has 3 rings (SSSR count). The molecule has 1 N–H and O–H groups in total. The topological polar surface area (TPSA) is 49.8 Å². The van der Waals surface area contributed by atoms with Crippen LogP contribution in [0.4, 0.5) is 0 Å². The quantitative estimate of drug-likeness (QED) is 0.758. The number of carbonyl (C=O) groups is 1. The van der Waals surface area contributed by atoms with E-state index >= 15 is 0 Å². The molecule has 0 aromatic heterocycles. The van der Waals surface area contributed by atoms with Gasteiger partial charge in [0.2, 0.25) is 0 Å². The third-order valence-electron chi connectivity index (χ3n) is 5.33. The Morgan fingerprint density at radius 2 is 1.70 bits per heavy atom. The zero-order valence-corrected chi connectivity index (χ0v) is 16.0. The Kier molecular flexibility index (Phi) is 6.88. The molecule has 144 valence electrons. The van der Waals surface area contributed by atoms with E-state index in [0.717, 1.165) is 51.1 Å². The summed E-state index contributed by atoms with van der Waals surface area (Å²) in [6.45, 7) is 4.67. The molecule has 2 aromatic rings. The van der Waals surface area contributed by atoms with Crippen molar-refractivity contribution in [2.24, 2.45) is 5.92 Å². The number of benzene rings is 2. The Labute approximate surface area is 161 Å². The maximum absolute atomic E-state index is 11.1. The van der Waals surface area contributed by atoms with Crippen molar-refractivity contribution in [3.05, 3.63) is 65.7 Å². The molecule has 1 atom stereocenters. The summed E-state index contributed by atoms with van der Waals surface area (Å²) in [5, 5.41) is 9.12. The molecule has 0 spiro atoms. The first-order valence-corrected chi connectivity index (χ1v) is 9.88. The molecular weight excluding hydrogens is 338 g/mol. The molecular formula is C23H29NO3. The number of carboxylic acid groups (broad SMARTS) is 1. The SMILES string of the molecule is CC[C@H](CN1CCC(C(=O)O)CC1)Oc1ccc(Cc2ccccc2)cc1. The van der Waals surface area contributed by atoms with Gasteiger partial charge in [0, 0.05) is 6.54 Å². The molecule has 0 bridgehead atoms. The maximum atomic E-state index is 11.1. The molecule has 4 nitrogen and oxygen atoms in total. The van der Waals surface area contributed by atoms with Crippen LogP contribution in [-0.4, -0.2) is 41.7 Å². The van der Waals surface area contributed by atoms with Crippen molar-refractivity contribution in [2.75, 3.05) is 19.6 Å². The molecule has 4 heteroatoms. The van der Waals surface area contributed by atoms with Crippen molar-refractivity contribution in [3.63, 3.8) is 0 Å². The lowest BCUT2D eigenvalue weighted by Crippen LogP contribution is -2.41. The second-order valence-corrected chi connectivity index (χ2v) is 7.37. The van der Waals surface area contributed by atoms with E-state index in [2.05, 4.69) is 60.4 Å². The number of ether oxygens (including phenoxy) is 1. The lowest BCUT2D eigenvalue weighted by Gasteiger charge is -2.32. The van der Waals surface area contributed by atoms with E-state index in [1.54, 1.807) is 0 Å². The van der Waals surface area contributed by atoms with Gasteiger partial charge in [0.1, 0.15) is 11.9 Å². The number of hydrogen-bond donors (Lipinski definition) is 1. The van der Waals surface area contributed by atoms with E-state index in [4.69, 9.17) is 9.84 Å². The minimum absolute atomic E-state index is 0.131. The summed E-state index contributed by atoms with van der Waals surface area (Å²) in [4.78, 5) is 13.4. The number of nitrogens with zero attached hydrogens (tertiary/aromatic N) is 1. The highest BCUT2D eigenvalue weighted by Gasteiger charge is 2.25. The van der Waals surface area contributed by atoms with Gasteiger partial charge in [-0.2, -0.15) is 0 Å². The fourth-order valence-corrected chi connectivity index (χ4v) is 3.61. The average molecular weight is 367 g/mol. The number of hydrogen-bond acceptors (Lipinski definition) is 3. The lowest BCUT2D eigenvalue weighted by molar-refractivity contribution is -0.143. The lowest BCUT2D eigenvalue weighted by atomic mass is 9.97. The zero-order valence-electron chi connectivity index (χ0n) is 16.0. The van der Waals surface area contributed by atoms with Crippen LogP contribution in [0.2, 0.25) is 0 Å². The predicted molar refractivity (Wildman–Crippen MR) is 107 cm³/mol. The molecule has 1 aliphatic heterocycles. The molecule has 2 aromatic carbocycles. The highest BCUT2D eigenvalue weighted by molar-refractivity contribution is 5.70. The van der Waals surface area contributed by atoms with Crippen LogP contribution in [0.3, 0.4) is 0 Å². The monoisotopic (exact) mass is 367 g/mol. The highest BCUT2D eigenvalue weighted by Crippen LogP contribution is 2.20. The Bertz CT molecular complexity index is 706. The minimum Gasteiger partial charge on any atom is -0.489 e. The fourth-order valence-electron chi connectivity index (χ4n) is 3.61. The maximum Gasteiger partial charge on any atom is 0.306 e. The van der Waals surface area contributed by atoms with Gasteiger partial charge in [-0.1, -0.05) is 49.4 Å². The normalized spacial score (nSPS) is 16.8. The molecule has 27 heavy (non-hydrogen) atoms. The Hall–Kier alpha value is -2.33. The van der Waals surface area contributed by atoms with Crippen molar-refractivity contribution in [1.82, 2.24) is 4.90 Å². The van der Waals surface area contributed by atoms with Gasteiger partial charge in [-0.3, -0.25) is 9.69 Å². The van der Waals surface area contributed by atoms with Gasteiger partial charge in [0.05, 0.1) is 5.92 Å². The van der Waals surface area contributed by atoms with Crippen molar-refractivity contribution < 1.29 is 14.6 Å². The molecule has 1 aliphatic rings. The van der Waals surface area contributed by atoms with Crippen LogP contribution in [0.5, 0.6) is 5.75 Å². The van der Waals surface area contributed by atoms with Crippen LogP contribution in [0, 0.1) is 5.92 Å². The number of rotatable bonds is 8. The molecule has 1 fully saturated rings. The van der Waals surface area contributed by atoms with Crippen molar-refractivity contribution in [3.8, 4) is 5.75 Å². The van der Waals surface area contributed by atoms with E-state index in [9.17, 15) is 4.79 Å². The van der Waals surface area contributed by atoms with Crippen LogP contribution in [-0.2, 0) is 11.2 Å². The van der Waals surface area contributed by atoms with Gasteiger partial charge in [-0.05, 0) is 62.0 Å². The molecule has 0 aliphatic carbocycles. The van der Waals surface area contributed by atoms with Crippen molar-refractivity contribution in [1.29, 1.82) is 0 Å². The molecule has 0 amide bonds. The molecule has 1 heterocycles. The average Bonchev–Trinajstić information content (AvgIpc) is 2.70. The molecule has 1 saturated heterocycles. The number of piperidine rings is 1. The first kappa shape index (κ1) is 19.4. The Morgan fingerprint density at radius 3 is 2.30 bits per heavy atom. The Balaban J connectivity index is 1.50. The van der Waals surface area contributed by atoms with Gasteiger partial charge in [0.25, 0.3) is 0 Å². The number of aliphatic carboxylic acids is 1. The van der Waals surface area contributed by atoms with Crippen LogP contribution >= 0.6 is 0 Å².